The Balaban J connectivity index is 0.00000300. The second-order valence-corrected chi connectivity index (χ2v) is 9.01. The molecule has 156 valence electrons. The molecular weight excluding hydrogens is 471 g/mol. The monoisotopic (exact) mass is 496 g/mol. The number of hydrogen-bond donors (Lipinski definition) is 1. The fourth-order valence-corrected chi connectivity index (χ4v) is 4.19. The van der Waals surface area contributed by atoms with Gasteiger partial charge in [0.25, 0.3) is 0 Å². The Labute approximate surface area is 193 Å². The zero-order valence-corrected chi connectivity index (χ0v) is 19.9. The lowest BCUT2D eigenvalue weighted by Gasteiger charge is -2.30. The summed E-state index contributed by atoms with van der Waals surface area (Å²) in [7, 11) is 4.57. The van der Waals surface area contributed by atoms with E-state index in [1.807, 2.05) is 30.3 Å². The molecule has 0 saturated carbocycles. The third-order valence-corrected chi connectivity index (χ3v) is 5.62. The normalized spacial score (nSPS) is 11.3. The van der Waals surface area contributed by atoms with Crippen LogP contribution in [0.25, 0.3) is 11.3 Å². The van der Waals surface area contributed by atoms with Crippen LogP contribution >= 0.6 is 27.5 Å². The summed E-state index contributed by atoms with van der Waals surface area (Å²) in [6, 6.07) is 20.4. The van der Waals surface area contributed by atoms with E-state index in [0.717, 1.165) is 58.6 Å². The Morgan fingerprint density at radius 3 is 2.52 bits per heavy atom. The van der Waals surface area contributed by atoms with Gasteiger partial charge in [0.1, 0.15) is 18.1 Å². The zero-order valence-electron chi connectivity index (χ0n) is 16.8. The summed E-state index contributed by atoms with van der Waals surface area (Å²) in [6.07, 6.45) is 1.12. The van der Waals surface area contributed by atoms with Gasteiger partial charge in [0.2, 0.25) is 0 Å². The van der Waals surface area contributed by atoms with Gasteiger partial charge in [-0.2, -0.15) is 0 Å². The van der Waals surface area contributed by atoms with Gasteiger partial charge in [0.05, 0.1) is 27.2 Å². The van der Waals surface area contributed by atoms with E-state index >= 15 is 0 Å². The Morgan fingerprint density at radius 2 is 1.79 bits per heavy atom. The minimum absolute atomic E-state index is 0. The van der Waals surface area contributed by atoms with E-state index in [1.165, 1.54) is 5.56 Å². The SMILES string of the molecule is C[N+](C)(CCCNCc1ccc(-c2ccc(Cl)cc2Br)o1)Cc1ccccc1.[Cl-]. The highest BCUT2D eigenvalue weighted by atomic mass is 79.9. The Bertz CT molecular complexity index is 897. The third kappa shape index (κ3) is 7.47. The molecule has 0 aliphatic carbocycles. The van der Waals surface area contributed by atoms with Crippen LogP contribution in [-0.4, -0.2) is 31.7 Å². The highest BCUT2D eigenvalue weighted by Crippen LogP contribution is 2.31. The summed E-state index contributed by atoms with van der Waals surface area (Å²) >= 11 is 9.56. The highest BCUT2D eigenvalue weighted by Gasteiger charge is 2.15. The largest absolute Gasteiger partial charge is 1.00 e. The molecule has 0 amide bonds. The van der Waals surface area contributed by atoms with E-state index in [2.05, 4.69) is 65.7 Å². The third-order valence-electron chi connectivity index (χ3n) is 4.73. The van der Waals surface area contributed by atoms with Gasteiger partial charge in [-0.1, -0.05) is 41.9 Å². The van der Waals surface area contributed by atoms with Gasteiger partial charge in [-0.05, 0) is 46.3 Å². The van der Waals surface area contributed by atoms with Crippen LogP contribution in [0.15, 0.2) is 69.6 Å². The van der Waals surface area contributed by atoms with E-state index in [-0.39, 0.29) is 12.4 Å². The molecule has 0 fully saturated rings. The van der Waals surface area contributed by atoms with Gasteiger partial charge in [0.15, 0.2) is 0 Å². The predicted octanol–water partition coefficient (Wildman–Crippen LogP) is 3.12. The lowest BCUT2D eigenvalue weighted by Crippen LogP contribution is -3.00. The van der Waals surface area contributed by atoms with Gasteiger partial charge in [-0.15, -0.1) is 0 Å². The molecule has 29 heavy (non-hydrogen) atoms. The summed E-state index contributed by atoms with van der Waals surface area (Å²) in [4.78, 5) is 0. The lowest BCUT2D eigenvalue weighted by atomic mass is 10.2. The van der Waals surface area contributed by atoms with Crippen molar-refractivity contribution >= 4 is 27.5 Å². The lowest BCUT2D eigenvalue weighted by molar-refractivity contribution is -0.903. The molecule has 0 bridgehead atoms. The van der Waals surface area contributed by atoms with Crippen LogP contribution in [0.4, 0.5) is 0 Å². The molecule has 0 aliphatic heterocycles. The minimum Gasteiger partial charge on any atom is -1.00 e. The van der Waals surface area contributed by atoms with Crippen molar-refractivity contribution in [3.63, 3.8) is 0 Å². The molecule has 3 nitrogen and oxygen atoms in total. The highest BCUT2D eigenvalue weighted by molar-refractivity contribution is 9.10. The predicted molar refractivity (Wildman–Crippen MR) is 120 cm³/mol. The van der Waals surface area contributed by atoms with E-state index in [9.17, 15) is 0 Å². The Morgan fingerprint density at radius 1 is 1.03 bits per heavy atom. The number of nitrogens with one attached hydrogen (secondary N) is 1. The van der Waals surface area contributed by atoms with Crippen molar-refractivity contribution in [2.24, 2.45) is 0 Å². The average Bonchev–Trinajstić information content (AvgIpc) is 3.10. The molecule has 0 atom stereocenters. The first-order valence-corrected chi connectivity index (χ1v) is 10.7. The van der Waals surface area contributed by atoms with Crippen LogP contribution in [0.2, 0.25) is 5.02 Å². The molecule has 0 radical (unpaired) electrons. The van der Waals surface area contributed by atoms with Gasteiger partial charge >= 0.3 is 0 Å². The minimum atomic E-state index is 0. The van der Waals surface area contributed by atoms with Crippen molar-refractivity contribution in [1.82, 2.24) is 5.32 Å². The number of nitrogens with zero attached hydrogens (tertiary/aromatic N) is 1. The van der Waals surface area contributed by atoms with Crippen molar-refractivity contribution in [2.75, 3.05) is 27.2 Å². The second-order valence-electron chi connectivity index (χ2n) is 7.72. The molecule has 3 rings (SSSR count). The van der Waals surface area contributed by atoms with Crippen LogP contribution in [0.5, 0.6) is 0 Å². The van der Waals surface area contributed by atoms with E-state index in [1.54, 1.807) is 0 Å². The molecular formula is C23H27BrCl2N2O. The van der Waals surface area contributed by atoms with Crippen molar-refractivity contribution in [1.29, 1.82) is 0 Å². The fraction of sp³-hybridized carbons (Fsp3) is 0.304. The maximum atomic E-state index is 6.01. The Kier molecular flexibility index (Phi) is 9.25. The second kappa shape index (κ2) is 11.2. The fourth-order valence-electron chi connectivity index (χ4n) is 3.31. The summed E-state index contributed by atoms with van der Waals surface area (Å²) in [5.74, 6) is 1.79. The number of benzene rings is 2. The van der Waals surface area contributed by atoms with Crippen LogP contribution in [-0.2, 0) is 13.1 Å². The number of furan rings is 1. The first kappa shape index (κ1) is 24.0. The van der Waals surface area contributed by atoms with E-state index in [4.69, 9.17) is 16.0 Å². The van der Waals surface area contributed by atoms with Crippen LogP contribution in [0, 0.1) is 0 Å². The number of halogens is 3. The Hall–Kier alpha value is -1.30. The number of rotatable bonds is 9. The zero-order chi connectivity index (χ0) is 20.0. The van der Waals surface area contributed by atoms with Crippen molar-refractivity contribution < 1.29 is 21.3 Å². The summed E-state index contributed by atoms with van der Waals surface area (Å²) in [6.45, 7) is 3.88. The standard InChI is InChI=1S/C23H27BrClN2O.ClH/c1-27(2,17-18-7-4-3-5-8-18)14-6-13-26-16-20-10-12-23(28-20)21-11-9-19(25)15-22(21)24;/h3-5,7-12,15,26H,6,13-14,16-17H2,1-2H3;1H/q+1;/p-1. The molecule has 1 aromatic heterocycles. The molecule has 1 N–H and O–H groups in total. The van der Waals surface area contributed by atoms with Gasteiger partial charge in [-0.3, -0.25) is 0 Å². The van der Waals surface area contributed by atoms with Crippen LogP contribution in [0.1, 0.15) is 17.7 Å². The topological polar surface area (TPSA) is 25.2 Å². The van der Waals surface area contributed by atoms with Crippen LogP contribution < -0.4 is 17.7 Å². The number of hydrogen-bond acceptors (Lipinski definition) is 2. The van der Waals surface area contributed by atoms with Gasteiger partial charge in [0, 0.05) is 33.6 Å². The summed E-state index contributed by atoms with van der Waals surface area (Å²) in [5, 5.41) is 4.20. The molecule has 6 heteroatoms. The average molecular weight is 498 g/mol. The maximum absolute atomic E-state index is 6.01. The molecule has 1 heterocycles. The van der Waals surface area contributed by atoms with Gasteiger partial charge < -0.3 is 26.6 Å². The smallest absolute Gasteiger partial charge is 0.135 e. The van der Waals surface area contributed by atoms with E-state index < -0.39 is 0 Å². The number of quaternary nitrogens is 1. The van der Waals surface area contributed by atoms with Crippen molar-refractivity contribution in [3.8, 4) is 11.3 Å². The summed E-state index contributed by atoms with van der Waals surface area (Å²) in [5.41, 5.74) is 2.40. The molecule has 0 saturated heterocycles. The molecule has 0 spiro atoms. The first-order chi connectivity index (χ1) is 13.4. The van der Waals surface area contributed by atoms with Gasteiger partial charge in [-0.25, -0.2) is 0 Å². The quantitative estimate of drug-likeness (QED) is 0.363. The first-order valence-electron chi connectivity index (χ1n) is 9.54. The summed E-state index contributed by atoms with van der Waals surface area (Å²) < 4.78 is 7.90. The molecule has 3 aromatic rings. The molecule has 0 unspecified atom stereocenters. The van der Waals surface area contributed by atoms with Crippen molar-refractivity contribution in [3.05, 3.63) is 81.5 Å². The van der Waals surface area contributed by atoms with Crippen molar-refractivity contribution in [2.45, 2.75) is 19.5 Å². The maximum Gasteiger partial charge on any atom is 0.135 e. The molecule has 0 aliphatic rings. The van der Waals surface area contributed by atoms with E-state index in [0.29, 0.717) is 5.02 Å². The van der Waals surface area contributed by atoms with Crippen LogP contribution in [0.3, 0.4) is 0 Å². The molecule has 2 aromatic carbocycles.